The summed E-state index contributed by atoms with van der Waals surface area (Å²) in [5, 5.41) is 21.1. The largest absolute Gasteiger partial charge is 0.493 e. The smallest absolute Gasteiger partial charge is 0.163 e. The van der Waals surface area contributed by atoms with E-state index < -0.39 is 17.2 Å². The Morgan fingerprint density at radius 1 is 1.21 bits per heavy atom. The summed E-state index contributed by atoms with van der Waals surface area (Å²) >= 11 is 0. The van der Waals surface area contributed by atoms with Gasteiger partial charge in [0.05, 0.1) is 24.4 Å². The van der Waals surface area contributed by atoms with Gasteiger partial charge in [-0.3, -0.25) is 4.79 Å². The number of nitrogens with zero attached hydrogens (tertiary/aromatic N) is 1. The van der Waals surface area contributed by atoms with Crippen LogP contribution < -0.4 is 19.9 Å². The second-order valence-electron chi connectivity index (χ2n) is 10.6. The van der Waals surface area contributed by atoms with Crippen LogP contribution in [0.25, 0.3) is 11.3 Å². The molecule has 39 heavy (non-hydrogen) atoms. The SMILES string of the molecule is CCC1(N)COc2c1cc(C(C)(O)CCC(=O)c1ccc(OCC(C)O)c(OC)c1)nc2-c1ccc(C)cc1. The fourth-order valence-corrected chi connectivity index (χ4v) is 4.60. The Hall–Kier alpha value is -3.46. The first-order valence-corrected chi connectivity index (χ1v) is 13.3. The summed E-state index contributed by atoms with van der Waals surface area (Å²) in [5.74, 6) is 1.33. The van der Waals surface area contributed by atoms with Gasteiger partial charge in [0.1, 0.15) is 24.5 Å². The molecule has 0 bridgehead atoms. The lowest BCUT2D eigenvalue weighted by atomic mass is 9.86. The molecule has 2 aromatic carbocycles. The van der Waals surface area contributed by atoms with Crippen LogP contribution in [0.2, 0.25) is 0 Å². The van der Waals surface area contributed by atoms with Crippen LogP contribution in [-0.2, 0) is 11.1 Å². The standard InChI is InChI=1S/C31H38N2O6/c1-6-31(32)18-39-29-23(31)16-27(33-28(29)21-9-7-19(2)8-10-21)30(4,36)14-13-24(35)22-11-12-25(26(15-22)37-5)38-17-20(3)34/h7-12,15-16,20,34,36H,6,13-14,17-18,32H2,1-5H3. The zero-order valence-corrected chi connectivity index (χ0v) is 23.3. The van der Waals surface area contributed by atoms with Crippen LogP contribution in [-0.4, -0.2) is 47.4 Å². The number of ketones is 1. The summed E-state index contributed by atoms with van der Waals surface area (Å²) in [7, 11) is 1.49. The first-order chi connectivity index (χ1) is 18.5. The zero-order valence-electron chi connectivity index (χ0n) is 23.3. The van der Waals surface area contributed by atoms with Crippen molar-refractivity contribution in [2.45, 2.75) is 64.2 Å². The van der Waals surface area contributed by atoms with Crippen LogP contribution in [0.4, 0.5) is 0 Å². The molecule has 1 aliphatic rings. The lowest BCUT2D eigenvalue weighted by Gasteiger charge is -2.26. The predicted molar refractivity (Wildman–Crippen MR) is 149 cm³/mol. The number of aliphatic hydroxyl groups excluding tert-OH is 1. The van der Waals surface area contributed by atoms with Crippen LogP contribution >= 0.6 is 0 Å². The lowest BCUT2D eigenvalue weighted by Crippen LogP contribution is -2.37. The summed E-state index contributed by atoms with van der Waals surface area (Å²) in [6.45, 7) is 7.76. The molecule has 0 aliphatic carbocycles. The minimum atomic E-state index is -1.40. The van der Waals surface area contributed by atoms with E-state index in [9.17, 15) is 15.0 Å². The van der Waals surface area contributed by atoms with Crippen molar-refractivity contribution in [3.05, 3.63) is 70.9 Å². The highest BCUT2D eigenvalue weighted by Crippen LogP contribution is 2.45. The van der Waals surface area contributed by atoms with Gasteiger partial charge in [-0.2, -0.15) is 0 Å². The predicted octanol–water partition coefficient (Wildman–Crippen LogP) is 4.65. The van der Waals surface area contributed by atoms with Crippen molar-refractivity contribution in [3.63, 3.8) is 0 Å². The lowest BCUT2D eigenvalue weighted by molar-refractivity contribution is 0.0396. The van der Waals surface area contributed by atoms with E-state index in [4.69, 9.17) is 24.9 Å². The molecule has 4 rings (SSSR count). The third-order valence-electron chi connectivity index (χ3n) is 7.30. The van der Waals surface area contributed by atoms with E-state index in [0.29, 0.717) is 47.2 Å². The number of aromatic nitrogens is 1. The number of fused-ring (bicyclic) bond motifs is 1. The van der Waals surface area contributed by atoms with Crippen LogP contribution in [0.1, 0.15) is 67.2 Å². The number of hydrogen-bond donors (Lipinski definition) is 3. The molecule has 0 saturated carbocycles. The van der Waals surface area contributed by atoms with Crippen molar-refractivity contribution >= 4 is 5.78 Å². The zero-order chi connectivity index (χ0) is 28.4. The van der Waals surface area contributed by atoms with Crippen LogP contribution in [0.5, 0.6) is 17.2 Å². The number of rotatable bonds is 11. The second-order valence-corrected chi connectivity index (χ2v) is 10.6. The Kier molecular flexibility index (Phi) is 8.30. The number of benzene rings is 2. The Labute approximate surface area is 229 Å². The van der Waals surface area contributed by atoms with E-state index in [1.165, 1.54) is 7.11 Å². The van der Waals surface area contributed by atoms with E-state index in [1.807, 2.05) is 44.2 Å². The van der Waals surface area contributed by atoms with Crippen LogP contribution in [0.3, 0.4) is 0 Å². The van der Waals surface area contributed by atoms with Gasteiger partial charge in [-0.15, -0.1) is 0 Å². The number of hydrogen-bond acceptors (Lipinski definition) is 8. The molecule has 0 spiro atoms. The van der Waals surface area contributed by atoms with Gasteiger partial charge in [0.25, 0.3) is 0 Å². The highest BCUT2D eigenvalue weighted by Gasteiger charge is 2.40. The fourth-order valence-electron chi connectivity index (χ4n) is 4.60. The number of aliphatic hydroxyl groups is 2. The molecule has 3 unspecified atom stereocenters. The molecule has 0 amide bonds. The number of carbonyl (C=O) groups is 1. The Morgan fingerprint density at radius 3 is 2.56 bits per heavy atom. The minimum absolute atomic E-state index is 0.0840. The van der Waals surface area contributed by atoms with Gasteiger partial charge in [-0.1, -0.05) is 36.8 Å². The number of Topliss-reactive ketones (excluding diaryl/α,β-unsaturated/α-hetero) is 1. The van der Waals surface area contributed by atoms with Gasteiger partial charge in [0, 0.05) is 23.1 Å². The third kappa shape index (κ3) is 6.08. The summed E-state index contributed by atoms with van der Waals surface area (Å²) in [6, 6.07) is 14.7. The first-order valence-electron chi connectivity index (χ1n) is 13.3. The molecule has 1 aliphatic heterocycles. The molecule has 2 heterocycles. The average molecular weight is 535 g/mol. The van der Waals surface area contributed by atoms with E-state index in [1.54, 1.807) is 32.0 Å². The fraction of sp³-hybridized carbons (Fsp3) is 0.419. The van der Waals surface area contributed by atoms with Gasteiger partial charge < -0.3 is 30.2 Å². The van der Waals surface area contributed by atoms with Crippen molar-refractivity contribution in [2.24, 2.45) is 5.73 Å². The molecule has 0 radical (unpaired) electrons. The van der Waals surface area contributed by atoms with Gasteiger partial charge >= 0.3 is 0 Å². The maximum absolute atomic E-state index is 13.1. The number of methoxy groups -OCH3 is 1. The molecule has 8 nitrogen and oxygen atoms in total. The number of aryl methyl sites for hydroxylation is 1. The molecule has 8 heteroatoms. The van der Waals surface area contributed by atoms with E-state index in [0.717, 1.165) is 16.7 Å². The summed E-state index contributed by atoms with van der Waals surface area (Å²) in [5.41, 5.74) is 8.94. The van der Waals surface area contributed by atoms with Crippen molar-refractivity contribution < 1.29 is 29.2 Å². The topological polar surface area (TPSA) is 124 Å². The molecular weight excluding hydrogens is 496 g/mol. The molecule has 3 aromatic rings. The van der Waals surface area contributed by atoms with Crippen molar-refractivity contribution in [1.82, 2.24) is 4.98 Å². The Balaban J connectivity index is 1.60. The quantitative estimate of drug-likeness (QED) is 0.304. The van der Waals surface area contributed by atoms with Gasteiger partial charge in [-0.05, 0) is 57.9 Å². The summed E-state index contributed by atoms with van der Waals surface area (Å²) in [6.07, 6.45) is 0.264. The highest BCUT2D eigenvalue weighted by atomic mass is 16.5. The molecule has 4 N–H and O–H groups in total. The normalized spacial score (nSPS) is 18.6. The molecular formula is C31H38N2O6. The summed E-state index contributed by atoms with van der Waals surface area (Å²) in [4.78, 5) is 18.0. The minimum Gasteiger partial charge on any atom is -0.493 e. The molecule has 208 valence electrons. The Bertz CT molecular complexity index is 1340. The highest BCUT2D eigenvalue weighted by molar-refractivity contribution is 5.96. The monoisotopic (exact) mass is 534 g/mol. The maximum atomic E-state index is 13.1. The molecule has 0 saturated heterocycles. The van der Waals surface area contributed by atoms with E-state index in [2.05, 4.69) is 0 Å². The summed E-state index contributed by atoms with van der Waals surface area (Å²) < 4.78 is 17.0. The van der Waals surface area contributed by atoms with Crippen molar-refractivity contribution in [3.8, 4) is 28.5 Å². The number of pyridine rings is 1. The molecule has 0 fully saturated rings. The van der Waals surface area contributed by atoms with Gasteiger partial charge in [0.15, 0.2) is 23.0 Å². The van der Waals surface area contributed by atoms with E-state index in [-0.39, 0.29) is 25.2 Å². The average Bonchev–Trinajstić information content (AvgIpc) is 3.27. The number of nitrogens with two attached hydrogens (primary N) is 1. The second kappa shape index (κ2) is 11.3. The molecule has 3 atom stereocenters. The van der Waals surface area contributed by atoms with Crippen molar-refractivity contribution in [1.29, 1.82) is 0 Å². The Morgan fingerprint density at radius 2 is 1.92 bits per heavy atom. The first kappa shape index (κ1) is 28.5. The van der Waals surface area contributed by atoms with Crippen LogP contribution in [0, 0.1) is 6.92 Å². The number of ether oxygens (including phenoxy) is 3. The van der Waals surface area contributed by atoms with Gasteiger partial charge in [-0.25, -0.2) is 4.98 Å². The van der Waals surface area contributed by atoms with E-state index >= 15 is 0 Å². The molecule has 1 aromatic heterocycles. The van der Waals surface area contributed by atoms with Crippen LogP contribution in [0.15, 0.2) is 48.5 Å². The maximum Gasteiger partial charge on any atom is 0.163 e. The third-order valence-corrected chi connectivity index (χ3v) is 7.30. The number of carbonyl (C=O) groups excluding carboxylic acids is 1. The van der Waals surface area contributed by atoms with Crippen molar-refractivity contribution in [2.75, 3.05) is 20.3 Å². The van der Waals surface area contributed by atoms with Gasteiger partial charge in [0.2, 0.25) is 0 Å².